The van der Waals surface area contributed by atoms with Crippen LogP contribution in [0, 0.1) is 0 Å². The van der Waals surface area contributed by atoms with E-state index in [1.807, 2.05) is 11.8 Å². The van der Waals surface area contributed by atoms with Crippen molar-refractivity contribution >= 4 is 11.8 Å². The second kappa shape index (κ2) is 4.80. The average molecular weight is 235 g/mol. The van der Waals surface area contributed by atoms with E-state index in [-0.39, 0.29) is 0 Å². The standard InChI is InChI=1S/C14H21NS/c1-14(2,3)16-13-8-4-11(5-9-13)10-15-12-6-7-12/h4-5,8-9,12,15H,6-7,10H2,1-3H3. The summed E-state index contributed by atoms with van der Waals surface area (Å²) in [5, 5.41) is 3.53. The van der Waals surface area contributed by atoms with Gasteiger partial charge in [0.1, 0.15) is 0 Å². The van der Waals surface area contributed by atoms with E-state index in [9.17, 15) is 0 Å². The van der Waals surface area contributed by atoms with Crippen LogP contribution >= 0.6 is 11.8 Å². The molecule has 1 saturated carbocycles. The first-order valence-electron chi connectivity index (χ1n) is 6.04. The summed E-state index contributed by atoms with van der Waals surface area (Å²) >= 11 is 1.93. The van der Waals surface area contributed by atoms with Gasteiger partial charge in [0.25, 0.3) is 0 Å². The summed E-state index contributed by atoms with van der Waals surface area (Å²) in [4.78, 5) is 1.36. The number of thioether (sulfide) groups is 1. The van der Waals surface area contributed by atoms with Crippen molar-refractivity contribution in [1.29, 1.82) is 0 Å². The van der Waals surface area contributed by atoms with Gasteiger partial charge in [-0.3, -0.25) is 0 Å². The third kappa shape index (κ3) is 4.18. The van der Waals surface area contributed by atoms with E-state index in [0.717, 1.165) is 12.6 Å². The molecular formula is C14H21NS. The topological polar surface area (TPSA) is 12.0 Å². The van der Waals surface area contributed by atoms with E-state index in [0.29, 0.717) is 4.75 Å². The fourth-order valence-electron chi connectivity index (χ4n) is 1.58. The third-order valence-electron chi connectivity index (χ3n) is 2.52. The zero-order valence-electron chi connectivity index (χ0n) is 10.4. The summed E-state index contributed by atoms with van der Waals surface area (Å²) in [6.07, 6.45) is 2.72. The van der Waals surface area contributed by atoms with E-state index in [4.69, 9.17) is 0 Å². The first-order chi connectivity index (χ1) is 7.53. The maximum absolute atomic E-state index is 3.53. The minimum Gasteiger partial charge on any atom is -0.310 e. The van der Waals surface area contributed by atoms with Gasteiger partial charge in [-0.05, 0) is 30.5 Å². The smallest absolute Gasteiger partial charge is 0.0208 e. The first-order valence-corrected chi connectivity index (χ1v) is 6.86. The van der Waals surface area contributed by atoms with E-state index >= 15 is 0 Å². The van der Waals surface area contributed by atoms with Gasteiger partial charge in [0, 0.05) is 22.2 Å². The Bertz CT molecular complexity index is 333. The van der Waals surface area contributed by atoms with Gasteiger partial charge in [-0.15, -0.1) is 11.8 Å². The second-order valence-electron chi connectivity index (χ2n) is 5.51. The molecule has 2 heteroatoms. The van der Waals surface area contributed by atoms with E-state index in [2.05, 4.69) is 50.4 Å². The Morgan fingerprint density at radius 1 is 1.19 bits per heavy atom. The minimum atomic E-state index is 0.299. The molecule has 1 aromatic carbocycles. The van der Waals surface area contributed by atoms with Crippen LogP contribution in [0.2, 0.25) is 0 Å². The molecule has 0 heterocycles. The van der Waals surface area contributed by atoms with Crippen LogP contribution in [0.25, 0.3) is 0 Å². The monoisotopic (exact) mass is 235 g/mol. The molecule has 0 atom stereocenters. The van der Waals surface area contributed by atoms with Gasteiger partial charge in [0.05, 0.1) is 0 Å². The summed E-state index contributed by atoms with van der Waals surface area (Å²) in [5.74, 6) is 0. The fraction of sp³-hybridized carbons (Fsp3) is 0.571. The minimum absolute atomic E-state index is 0.299. The van der Waals surface area contributed by atoms with Crippen LogP contribution in [0.1, 0.15) is 39.2 Å². The maximum atomic E-state index is 3.53. The molecule has 1 fully saturated rings. The van der Waals surface area contributed by atoms with Gasteiger partial charge in [-0.25, -0.2) is 0 Å². The summed E-state index contributed by atoms with van der Waals surface area (Å²) in [6, 6.07) is 9.75. The van der Waals surface area contributed by atoms with Crippen LogP contribution in [0.15, 0.2) is 29.2 Å². The highest BCUT2D eigenvalue weighted by Gasteiger charge is 2.19. The van der Waals surface area contributed by atoms with Crippen molar-refractivity contribution in [3.63, 3.8) is 0 Å². The van der Waals surface area contributed by atoms with Crippen LogP contribution in [-0.4, -0.2) is 10.8 Å². The molecule has 1 N–H and O–H groups in total. The van der Waals surface area contributed by atoms with Crippen LogP contribution in [0.4, 0.5) is 0 Å². The molecule has 16 heavy (non-hydrogen) atoms. The lowest BCUT2D eigenvalue weighted by Crippen LogP contribution is -2.15. The predicted octanol–water partition coefficient (Wildman–Crippen LogP) is 3.83. The molecule has 0 bridgehead atoms. The molecule has 1 aliphatic carbocycles. The van der Waals surface area contributed by atoms with Crippen LogP contribution in [0.3, 0.4) is 0 Å². The normalized spacial score (nSPS) is 16.4. The van der Waals surface area contributed by atoms with Crippen molar-refractivity contribution in [3.8, 4) is 0 Å². The summed E-state index contributed by atoms with van der Waals surface area (Å²) < 4.78 is 0.299. The molecule has 1 aliphatic rings. The Balaban J connectivity index is 1.87. The third-order valence-corrected chi connectivity index (χ3v) is 3.64. The zero-order valence-corrected chi connectivity index (χ0v) is 11.2. The lowest BCUT2D eigenvalue weighted by Gasteiger charge is -2.17. The second-order valence-corrected chi connectivity index (χ2v) is 7.41. The molecule has 0 saturated heterocycles. The lowest BCUT2D eigenvalue weighted by molar-refractivity contribution is 0.687. The van der Waals surface area contributed by atoms with E-state index in [1.165, 1.54) is 23.3 Å². The molecule has 0 amide bonds. The molecule has 2 rings (SSSR count). The maximum Gasteiger partial charge on any atom is 0.0208 e. The Labute approximate surface area is 103 Å². The molecule has 0 unspecified atom stereocenters. The molecule has 0 radical (unpaired) electrons. The van der Waals surface area contributed by atoms with E-state index in [1.54, 1.807) is 0 Å². The average Bonchev–Trinajstić information content (AvgIpc) is 2.98. The Hall–Kier alpha value is -0.470. The van der Waals surface area contributed by atoms with Crippen LogP contribution < -0.4 is 5.32 Å². The highest BCUT2D eigenvalue weighted by Crippen LogP contribution is 2.31. The molecule has 0 spiro atoms. The number of benzene rings is 1. The Kier molecular flexibility index (Phi) is 3.60. The van der Waals surface area contributed by atoms with Crippen molar-refractivity contribution in [1.82, 2.24) is 5.32 Å². The summed E-state index contributed by atoms with van der Waals surface area (Å²) in [5.41, 5.74) is 1.39. The largest absolute Gasteiger partial charge is 0.310 e. The lowest BCUT2D eigenvalue weighted by atomic mass is 10.2. The highest BCUT2D eigenvalue weighted by molar-refractivity contribution is 8.00. The molecule has 1 aromatic rings. The van der Waals surface area contributed by atoms with Crippen LogP contribution in [-0.2, 0) is 6.54 Å². The number of rotatable bonds is 4. The fourth-order valence-corrected chi connectivity index (χ4v) is 2.56. The van der Waals surface area contributed by atoms with Crippen molar-refractivity contribution < 1.29 is 0 Å². The van der Waals surface area contributed by atoms with Gasteiger partial charge >= 0.3 is 0 Å². The van der Waals surface area contributed by atoms with Gasteiger partial charge in [0.15, 0.2) is 0 Å². The van der Waals surface area contributed by atoms with Crippen molar-refractivity contribution in [2.75, 3.05) is 0 Å². The Morgan fingerprint density at radius 3 is 2.31 bits per heavy atom. The highest BCUT2D eigenvalue weighted by atomic mass is 32.2. The van der Waals surface area contributed by atoms with Crippen molar-refractivity contribution in [3.05, 3.63) is 29.8 Å². The van der Waals surface area contributed by atoms with Gasteiger partial charge in [-0.2, -0.15) is 0 Å². The first kappa shape index (κ1) is 12.0. The Morgan fingerprint density at radius 2 is 1.81 bits per heavy atom. The van der Waals surface area contributed by atoms with Crippen molar-refractivity contribution in [2.45, 2.75) is 55.8 Å². The molecule has 88 valence electrons. The molecule has 0 aromatic heterocycles. The van der Waals surface area contributed by atoms with E-state index < -0.39 is 0 Å². The van der Waals surface area contributed by atoms with Gasteiger partial charge in [0.2, 0.25) is 0 Å². The quantitative estimate of drug-likeness (QED) is 0.796. The van der Waals surface area contributed by atoms with Gasteiger partial charge in [-0.1, -0.05) is 32.9 Å². The predicted molar refractivity (Wildman–Crippen MR) is 71.9 cm³/mol. The molecule has 1 nitrogen and oxygen atoms in total. The summed E-state index contributed by atoms with van der Waals surface area (Å²) in [7, 11) is 0. The number of hydrogen-bond donors (Lipinski definition) is 1. The molecule has 0 aliphatic heterocycles. The molecular weight excluding hydrogens is 214 g/mol. The van der Waals surface area contributed by atoms with Gasteiger partial charge < -0.3 is 5.32 Å². The number of hydrogen-bond acceptors (Lipinski definition) is 2. The SMILES string of the molecule is CC(C)(C)Sc1ccc(CNC2CC2)cc1. The zero-order chi connectivity index (χ0) is 11.6. The number of nitrogens with one attached hydrogen (secondary N) is 1. The van der Waals surface area contributed by atoms with Crippen molar-refractivity contribution in [2.24, 2.45) is 0 Å². The van der Waals surface area contributed by atoms with Crippen LogP contribution in [0.5, 0.6) is 0 Å². The summed E-state index contributed by atoms with van der Waals surface area (Å²) in [6.45, 7) is 7.77.